The molecule has 5 nitrogen and oxygen atoms in total. The largest absolute Gasteiger partial charge is 0.477 e. The first-order valence-electron chi connectivity index (χ1n) is 6.91. The minimum Gasteiger partial charge on any atom is -0.477 e. The Morgan fingerprint density at radius 3 is 2.43 bits per heavy atom. The van der Waals surface area contributed by atoms with E-state index in [1.54, 1.807) is 4.57 Å². The van der Waals surface area contributed by atoms with Gasteiger partial charge in [-0.15, -0.1) is 0 Å². The van der Waals surface area contributed by atoms with E-state index >= 15 is 0 Å². The number of nitrogens with zero attached hydrogens (tertiary/aromatic N) is 2. The Bertz CT molecular complexity index is 904. The third kappa shape index (κ3) is 2.32. The van der Waals surface area contributed by atoms with Crippen molar-refractivity contribution in [2.45, 2.75) is 18.9 Å². The van der Waals surface area contributed by atoms with Crippen LogP contribution in [-0.2, 0) is 0 Å². The third-order valence-electron chi connectivity index (χ3n) is 3.89. The molecule has 122 valence electrons. The van der Waals surface area contributed by atoms with E-state index < -0.39 is 28.6 Å². The molecule has 1 heterocycles. The highest BCUT2D eigenvalue weighted by atomic mass is 79.9. The average Bonchev–Trinajstić information content (AvgIpc) is 3.29. The molecule has 1 aromatic carbocycles. The molecular formula is C15H13BrF2N2O3. The van der Waals surface area contributed by atoms with Crippen LogP contribution in [-0.4, -0.2) is 29.7 Å². The second-order valence-corrected chi connectivity index (χ2v) is 6.52. The zero-order chi connectivity index (χ0) is 17.0. The minimum absolute atomic E-state index is 0.0210. The zero-order valence-electron chi connectivity index (χ0n) is 12.4. The van der Waals surface area contributed by atoms with Crippen molar-refractivity contribution in [3.63, 3.8) is 0 Å². The summed E-state index contributed by atoms with van der Waals surface area (Å²) in [6.45, 7) is 0. The normalized spacial score (nSPS) is 14.3. The van der Waals surface area contributed by atoms with E-state index in [0.29, 0.717) is 0 Å². The molecule has 8 heteroatoms. The second-order valence-electron chi connectivity index (χ2n) is 5.72. The van der Waals surface area contributed by atoms with E-state index in [1.165, 1.54) is 25.2 Å². The van der Waals surface area contributed by atoms with Crippen molar-refractivity contribution < 1.29 is 18.7 Å². The number of pyridine rings is 1. The fourth-order valence-electron chi connectivity index (χ4n) is 2.70. The SMILES string of the molecule is CN(C)c1c(F)c(F)c(Br)c2c1c(=O)c(C(=O)O)cn2C1CC1. The minimum atomic E-state index is -1.39. The molecule has 0 saturated heterocycles. The lowest BCUT2D eigenvalue weighted by molar-refractivity contribution is 0.0695. The van der Waals surface area contributed by atoms with E-state index in [9.17, 15) is 23.5 Å². The highest BCUT2D eigenvalue weighted by Crippen LogP contribution is 2.42. The van der Waals surface area contributed by atoms with Gasteiger partial charge in [0.05, 0.1) is 21.1 Å². The van der Waals surface area contributed by atoms with Crippen molar-refractivity contribution in [1.29, 1.82) is 0 Å². The number of hydrogen-bond acceptors (Lipinski definition) is 3. The molecule has 1 aliphatic rings. The van der Waals surface area contributed by atoms with E-state index in [2.05, 4.69) is 15.9 Å². The van der Waals surface area contributed by atoms with Gasteiger partial charge < -0.3 is 14.6 Å². The molecule has 1 fully saturated rings. The number of aromatic nitrogens is 1. The number of carboxylic acid groups (broad SMARTS) is 1. The van der Waals surface area contributed by atoms with Gasteiger partial charge in [0.1, 0.15) is 5.56 Å². The molecule has 0 radical (unpaired) electrons. The van der Waals surface area contributed by atoms with Crippen LogP contribution >= 0.6 is 15.9 Å². The molecule has 0 amide bonds. The number of benzene rings is 1. The molecule has 0 bridgehead atoms. The summed E-state index contributed by atoms with van der Waals surface area (Å²) in [6, 6.07) is -0.0210. The van der Waals surface area contributed by atoms with Crippen molar-refractivity contribution in [2.75, 3.05) is 19.0 Å². The maximum atomic E-state index is 14.4. The van der Waals surface area contributed by atoms with Gasteiger partial charge in [-0.3, -0.25) is 4.79 Å². The molecular weight excluding hydrogens is 374 g/mol. The Labute approximate surface area is 138 Å². The topological polar surface area (TPSA) is 62.5 Å². The number of halogens is 3. The van der Waals surface area contributed by atoms with E-state index in [4.69, 9.17) is 0 Å². The number of aromatic carboxylic acids is 1. The molecule has 1 saturated carbocycles. The molecule has 0 spiro atoms. The Kier molecular flexibility index (Phi) is 3.66. The lowest BCUT2D eigenvalue weighted by Crippen LogP contribution is -2.23. The standard InChI is InChI=1S/C15H13BrF2N2O3/c1-19(2)13-8-12(9(16)10(17)11(13)18)20(6-3-4-6)5-7(14(8)21)15(22)23/h5-6H,3-4H2,1-2H3,(H,22,23). The Morgan fingerprint density at radius 2 is 1.96 bits per heavy atom. The van der Waals surface area contributed by atoms with Crippen LogP contribution in [0.15, 0.2) is 15.5 Å². The summed E-state index contributed by atoms with van der Waals surface area (Å²) in [6.07, 6.45) is 2.80. The van der Waals surface area contributed by atoms with Crippen molar-refractivity contribution in [3.05, 3.63) is 38.1 Å². The number of hydrogen-bond donors (Lipinski definition) is 1. The quantitative estimate of drug-likeness (QED) is 0.823. The zero-order valence-corrected chi connectivity index (χ0v) is 13.9. The predicted molar refractivity (Wildman–Crippen MR) is 85.4 cm³/mol. The van der Waals surface area contributed by atoms with E-state index in [0.717, 1.165) is 12.8 Å². The van der Waals surface area contributed by atoms with Crippen LogP contribution in [0.5, 0.6) is 0 Å². The first-order valence-corrected chi connectivity index (χ1v) is 7.71. The van der Waals surface area contributed by atoms with Crippen molar-refractivity contribution in [3.8, 4) is 0 Å². The van der Waals surface area contributed by atoms with Gasteiger partial charge in [-0.25, -0.2) is 13.6 Å². The Balaban J connectivity index is 2.62. The molecule has 2 aromatic rings. The molecule has 23 heavy (non-hydrogen) atoms. The van der Waals surface area contributed by atoms with Gasteiger partial charge in [0, 0.05) is 26.3 Å². The fraction of sp³-hybridized carbons (Fsp3) is 0.333. The van der Waals surface area contributed by atoms with Crippen molar-refractivity contribution in [2.24, 2.45) is 0 Å². The van der Waals surface area contributed by atoms with Crippen LogP contribution in [0.4, 0.5) is 14.5 Å². The molecule has 1 aromatic heterocycles. The lowest BCUT2D eigenvalue weighted by atomic mass is 10.1. The van der Waals surface area contributed by atoms with Gasteiger partial charge in [0.15, 0.2) is 11.6 Å². The summed E-state index contributed by atoms with van der Waals surface area (Å²) >= 11 is 3.02. The van der Waals surface area contributed by atoms with Crippen LogP contribution in [0.25, 0.3) is 10.9 Å². The lowest BCUT2D eigenvalue weighted by Gasteiger charge is -2.21. The maximum absolute atomic E-state index is 14.4. The van der Waals surface area contributed by atoms with Crippen LogP contribution in [0.3, 0.4) is 0 Å². The molecule has 0 unspecified atom stereocenters. The fourth-order valence-corrected chi connectivity index (χ4v) is 3.28. The molecule has 3 rings (SSSR count). The van der Waals surface area contributed by atoms with Gasteiger partial charge >= 0.3 is 5.97 Å². The van der Waals surface area contributed by atoms with E-state index in [-0.39, 0.29) is 27.1 Å². The smallest absolute Gasteiger partial charge is 0.341 e. The van der Waals surface area contributed by atoms with Gasteiger partial charge in [-0.1, -0.05) is 0 Å². The summed E-state index contributed by atoms with van der Waals surface area (Å²) in [4.78, 5) is 25.2. The van der Waals surface area contributed by atoms with Crippen LogP contribution in [0.1, 0.15) is 29.2 Å². The van der Waals surface area contributed by atoms with E-state index in [1.807, 2.05) is 0 Å². The first-order chi connectivity index (χ1) is 10.8. The number of fused-ring (bicyclic) bond motifs is 1. The number of anilines is 1. The summed E-state index contributed by atoms with van der Waals surface area (Å²) < 4.78 is 30.0. The number of carboxylic acids is 1. The Hall–Kier alpha value is -1.96. The molecule has 0 atom stereocenters. The van der Waals surface area contributed by atoms with Crippen molar-refractivity contribution >= 4 is 38.5 Å². The number of rotatable bonds is 3. The van der Waals surface area contributed by atoms with Crippen molar-refractivity contribution in [1.82, 2.24) is 4.57 Å². The third-order valence-corrected chi connectivity index (χ3v) is 4.61. The molecule has 0 aliphatic heterocycles. The first kappa shape index (κ1) is 15.9. The highest BCUT2D eigenvalue weighted by molar-refractivity contribution is 9.10. The summed E-state index contributed by atoms with van der Waals surface area (Å²) in [5, 5.41) is 9.14. The second kappa shape index (κ2) is 5.30. The maximum Gasteiger partial charge on any atom is 0.341 e. The molecule has 1 aliphatic carbocycles. The predicted octanol–water partition coefficient (Wildman–Crippen LogP) is 3.14. The average molecular weight is 387 g/mol. The molecule has 1 N–H and O–H groups in total. The van der Waals surface area contributed by atoms with Gasteiger partial charge in [0.25, 0.3) is 0 Å². The number of carbonyl (C=O) groups is 1. The highest BCUT2D eigenvalue weighted by Gasteiger charge is 2.31. The van der Waals surface area contributed by atoms with Crippen LogP contribution in [0, 0.1) is 11.6 Å². The summed E-state index contributed by atoms with van der Waals surface area (Å²) in [7, 11) is 2.94. The summed E-state index contributed by atoms with van der Waals surface area (Å²) in [5.41, 5.74) is -1.34. The Morgan fingerprint density at radius 1 is 1.35 bits per heavy atom. The van der Waals surface area contributed by atoms with Crippen LogP contribution in [0.2, 0.25) is 0 Å². The summed E-state index contributed by atoms with van der Waals surface area (Å²) in [5.74, 6) is -3.67. The van der Waals surface area contributed by atoms with Gasteiger partial charge in [-0.2, -0.15) is 0 Å². The van der Waals surface area contributed by atoms with Crippen LogP contribution < -0.4 is 10.3 Å². The van der Waals surface area contributed by atoms with Gasteiger partial charge in [0.2, 0.25) is 5.43 Å². The monoisotopic (exact) mass is 386 g/mol. The van der Waals surface area contributed by atoms with Gasteiger partial charge in [-0.05, 0) is 28.8 Å².